The third-order valence-electron chi connectivity index (χ3n) is 1.80. The Morgan fingerprint density at radius 2 is 2.33 bits per heavy atom. The first-order valence-electron chi connectivity index (χ1n) is 4.17. The summed E-state index contributed by atoms with van der Waals surface area (Å²) in [7, 11) is 0. The van der Waals surface area contributed by atoms with E-state index < -0.39 is 0 Å². The molecular weight excluding hydrogens is 170 g/mol. The Bertz CT molecular complexity index is 234. The van der Waals surface area contributed by atoms with Crippen molar-refractivity contribution < 1.29 is 5.11 Å². The molecular formula is C9H15NOS. The Hall–Kier alpha value is -0.380. The highest BCUT2D eigenvalue weighted by Crippen LogP contribution is 2.23. The number of hydrogen-bond donors (Lipinski definition) is 2. The Labute approximate surface area is 77.0 Å². The predicted octanol–water partition coefficient (Wildman–Crippen LogP) is 1.83. The second kappa shape index (κ2) is 4.60. The van der Waals surface area contributed by atoms with Gasteiger partial charge in [0.15, 0.2) is 0 Å². The highest BCUT2D eigenvalue weighted by Gasteiger charge is 2.06. The Morgan fingerprint density at radius 3 is 2.83 bits per heavy atom. The summed E-state index contributed by atoms with van der Waals surface area (Å²) in [5.74, 6) is 0. The maximum absolute atomic E-state index is 8.62. The standard InChI is InChI=1S/C9H15NOS/c1-7-4-5-9(12-7)8(10)3-2-6-11/h4-5,8,11H,2-3,6,10H2,1H3/t8-/m0/s1. The van der Waals surface area contributed by atoms with Gasteiger partial charge in [-0.15, -0.1) is 11.3 Å². The zero-order valence-electron chi connectivity index (χ0n) is 7.29. The van der Waals surface area contributed by atoms with E-state index in [1.54, 1.807) is 11.3 Å². The second-order valence-electron chi connectivity index (χ2n) is 2.92. The van der Waals surface area contributed by atoms with Crippen LogP contribution in [-0.4, -0.2) is 11.7 Å². The zero-order valence-corrected chi connectivity index (χ0v) is 8.10. The van der Waals surface area contributed by atoms with E-state index in [-0.39, 0.29) is 12.6 Å². The molecule has 0 aliphatic carbocycles. The van der Waals surface area contributed by atoms with Gasteiger partial charge in [0.25, 0.3) is 0 Å². The molecule has 1 atom stereocenters. The minimum absolute atomic E-state index is 0.107. The van der Waals surface area contributed by atoms with Gasteiger partial charge in [0.05, 0.1) is 0 Å². The molecule has 0 aromatic carbocycles. The van der Waals surface area contributed by atoms with Gasteiger partial charge in [0, 0.05) is 22.4 Å². The van der Waals surface area contributed by atoms with E-state index in [2.05, 4.69) is 19.1 Å². The monoisotopic (exact) mass is 185 g/mol. The van der Waals surface area contributed by atoms with Gasteiger partial charge < -0.3 is 10.8 Å². The molecule has 0 aliphatic rings. The van der Waals surface area contributed by atoms with Crippen LogP contribution >= 0.6 is 11.3 Å². The molecule has 0 unspecified atom stereocenters. The van der Waals surface area contributed by atoms with E-state index in [0.717, 1.165) is 12.8 Å². The molecule has 0 saturated heterocycles. The van der Waals surface area contributed by atoms with Crippen molar-refractivity contribution >= 4 is 11.3 Å². The number of aliphatic hydroxyl groups is 1. The molecule has 68 valence electrons. The first-order chi connectivity index (χ1) is 5.74. The first kappa shape index (κ1) is 9.71. The lowest BCUT2D eigenvalue weighted by atomic mass is 10.1. The quantitative estimate of drug-likeness (QED) is 0.751. The molecule has 3 heteroatoms. The van der Waals surface area contributed by atoms with Gasteiger partial charge in [0.1, 0.15) is 0 Å². The molecule has 1 aromatic rings. The minimum atomic E-state index is 0.107. The third kappa shape index (κ3) is 2.59. The van der Waals surface area contributed by atoms with Crippen LogP contribution in [0.1, 0.15) is 28.6 Å². The summed E-state index contributed by atoms with van der Waals surface area (Å²) in [6.07, 6.45) is 1.66. The van der Waals surface area contributed by atoms with Crippen molar-refractivity contribution in [2.75, 3.05) is 6.61 Å². The van der Waals surface area contributed by atoms with Crippen LogP contribution in [-0.2, 0) is 0 Å². The van der Waals surface area contributed by atoms with Gasteiger partial charge in [-0.1, -0.05) is 0 Å². The van der Waals surface area contributed by atoms with E-state index in [1.165, 1.54) is 9.75 Å². The Morgan fingerprint density at radius 1 is 1.58 bits per heavy atom. The molecule has 1 rings (SSSR count). The summed E-state index contributed by atoms with van der Waals surface area (Å²) >= 11 is 1.74. The predicted molar refractivity (Wildman–Crippen MR) is 52.3 cm³/mol. The summed E-state index contributed by atoms with van der Waals surface area (Å²) in [5.41, 5.74) is 5.89. The van der Waals surface area contributed by atoms with Gasteiger partial charge >= 0.3 is 0 Å². The fourth-order valence-corrected chi connectivity index (χ4v) is 2.02. The minimum Gasteiger partial charge on any atom is -0.396 e. The van der Waals surface area contributed by atoms with Crippen LogP contribution in [0.25, 0.3) is 0 Å². The molecule has 12 heavy (non-hydrogen) atoms. The molecule has 0 radical (unpaired) electrons. The fraction of sp³-hybridized carbons (Fsp3) is 0.556. The van der Waals surface area contributed by atoms with Gasteiger partial charge in [-0.05, 0) is 31.9 Å². The maximum Gasteiger partial charge on any atom is 0.0431 e. The fourth-order valence-electron chi connectivity index (χ4n) is 1.11. The lowest BCUT2D eigenvalue weighted by Gasteiger charge is -2.06. The zero-order chi connectivity index (χ0) is 8.97. The molecule has 1 aromatic heterocycles. The summed E-state index contributed by atoms with van der Waals surface area (Å²) in [5, 5.41) is 8.62. The molecule has 2 nitrogen and oxygen atoms in total. The van der Waals surface area contributed by atoms with E-state index in [1.807, 2.05) is 0 Å². The molecule has 0 bridgehead atoms. The van der Waals surface area contributed by atoms with E-state index in [9.17, 15) is 0 Å². The van der Waals surface area contributed by atoms with E-state index in [0.29, 0.717) is 0 Å². The molecule has 0 spiro atoms. The largest absolute Gasteiger partial charge is 0.396 e. The van der Waals surface area contributed by atoms with Crippen LogP contribution in [0.5, 0.6) is 0 Å². The smallest absolute Gasteiger partial charge is 0.0431 e. The number of aliphatic hydroxyl groups excluding tert-OH is 1. The van der Waals surface area contributed by atoms with Crippen molar-refractivity contribution in [3.63, 3.8) is 0 Å². The lowest BCUT2D eigenvalue weighted by molar-refractivity contribution is 0.280. The highest BCUT2D eigenvalue weighted by atomic mass is 32.1. The summed E-state index contributed by atoms with van der Waals surface area (Å²) in [4.78, 5) is 2.52. The SMILES string of the molecule is Cc1ccc([C@@H](N)CCCO)s1. The van der Waals surface area contributed by atoms with Crippen molar-refractivity contribution in [3.8, 4) is 0 Å². The molecule has 0 aliphatic heterocycles. The number of rotatable bonds is 4. The lowest BCUT2D eigenvalue weighted by Crippen LogP contribution is -2.08. The van der Waals surface area contributed by atoms with Crippen LogP contribution in [0.4, 0.5) is 0 Å². The number of aryl methyl sites for hydroxylation is 1. The summed E-state index contributed by atoms with van der Waals surface area (Å²) in [6.45, 7) is 2.31. The van der Waals surface area contributed by atoms with Crippen LogP contribution < -0.4 is 5.73 Å². The maximum atomic E-state index is 8.62. The number of thiophene rings is 1. The van der Waals surface area contributed by atoms with Crippen LogP contribution in [0.2, 0.25) is 0 Å². The van der Waals surface area contributed by atoms with E-state index in [4.69, 9.17) is 10.8 Å². The Kier molecular flexibility index (Phi) is 3.72. The normalized spacial score (nSPS) is 13.2. The van der Waals surface area contributed by atoms with Gasteiger partial charge in [0.2, 0.25) is 0 Å². The van der Waals surface area contributed by atoms with Crippen LogP contribution in [0, 0.1) is 6.92 Å². The molecule has 0 amide bonds. The van der Waals surface area contributed by atoms with E-state index >= 15 is 0 Å². The topological polar surface area (TPSA) is 46.2 Å². The number of nitrogens with two attached hydrogens (primary N) is 1. The van der Waals surface area contributed by atoms with Crippen molar-refractivity contribution in [3.05, 3.63) is 21.9 Å². The van der Waals surface area contributed by atoms with Crippen molar-refractivity contribution in [2.24, 2.45) is 5.73 Å². The van der Waals surface area contributed by atoms with Crippen molar-refractivity contribution in [2.45, 2.75) is 25.8 Å². The van der Waals surface area contributed by atoms with Gasteiger partial charge in [-0.25, -0.2) is 0 Å². The first-order valence-corrected chi connectivity index (χ1v) is 4.98. The average Bonchev–Trinajstić information content (AvgIpc) is 2.47. The van der Waals surface area contributed by atoms with Crippen molar-refractivity contribution in [1.82, 2.24) is 0 Å². The molecule has 0 fully saturated rings. The average molecular weight is 185 g/mol. The second-order valence-corrected chi connectivity index (χ2v) is 4.24. The third-order valence-corrected chi connectivity index (χ3v) is 2.93. The van der Waals surface area contributed by atoms with Gasteiger partial charge in [-0.2, -0.15) is 0 Å². The number of hydrogen-bond acceptors (Lipinski definition) is 3. The molecule has 1 heterocycles. The molecule has 0 saturated carbocycles. The summed E-state index contributed by atoms with van der Waals surface area (Å²) < 4.78 is 0. The van der Waals surface area contributed by atoms with Crippen LogP contribution in [0.15, 0.2) is 12.1 Å². The van der Waals surface area contributed by atoms with Crippen molar-refractivity contribution in [1.29, 1.82) is 0 Å². The highest BCUT2D eigenvalue weighted by molar-refractivity contribution is 7.12. The molecule has 3 N–H and O–H groups in total. The van der Waals surface area contributed by atoms with Crippen LogP contribution in [0.3, 0.4) is 0 Å². The van der Waals surface area contributed by atoms with Gasteiger partial charge in [-0.3, -0.25) is 0 Å². The Balaban J connectivity index is 2.47. The summed E-state index contributed by atoms with van der Waals surface area (Å²) in [6, 6.07) is 4.26.